The van der Waals surface area contributed by atoms with Crippen molar-refractivity contribution in [3.63, 3.8) is 0 Å². The number of thiophene rings is 1. The molecule has 4 heteroatoms. The molecule has 3 nitrogen and oxygen atoms in total. The van der Waals surface area contributed by atoms with Gasteiger partial charge in [-0.05, 0) is 73.6 Å². The van der Waals surface area contributed by atoms with Crippen molar-refractivity contribution in [3.8, 4) is 0 Å². The molecule has 0 bridgehead atoms. The van der Waals surface area contributed by atoms with Gasteiger partial charge < -0.3 is 5.32 Å². The summed E-state index contributed by atoms with van der Waals surface area (Å²) in [5, 5.41) is 12.6. The van der Waals surface area contributed by atoms with Crippen molar-refractivity contribution < 1.29 is 0 Å². The van der Waals surface area contributed by atoms with Gasteiger partial charge in [0.2, 0.25) is 0 Å². The zero-order chi connectivity index (χ0) is 15.2. The molecule has 2 heterocycles. The van der Waals surface area contributed by atoms with E-state index < -0.39 is 0 Å². The lowest BCUT2D eigenvalue weighted by Gasteiger charge is -2.08. The maximum Gasteiger partial charge on any atom is 0.0628 e. The second-order valence-electron chi connectivity index (χ2n) is 6.10. The van der Waals surface area contributed by atoms with E-state index in [1.807, 2.05) is 0 Å². The van der Waals surface area contributed by atoms with Crippen LogP contribution in [0.15, 0.2) is 16.8 Å². The highest BCUT2D eigenvalue weighted by Gasteiger charge is 2.11. The summed E-state index contributed by atoms with van der Waals surface area (Å²) >= 11 is 1.77. The van der Waals surface area contributed by atoms with Crippen molar-refractivity contribution >= 4 is 11.3 Å². The Balaban J connectivity index is 1.90. The first-order valence-electron chi connectivity index (χ1n) is 7.82. The van der Waals surface area contributed by atoms with Crippen LogP contribution in [-0.2, 0) is 19.4 Å². The highest BCUT2D eigenvalue weighted by Crippen LogP contribution is 2.15. The quantitative estimate of drug-likeness (QED) is 0.755. The number of aromatic nitrogens is 2. The van der Waals surface area contributed by atoms with Crippen LogP contribution >= 0.6 is 11.3 Å². The van der Waals surface area contributed by atoms with Crippen LogP contribution in [-0.4, -0.2) is 22.9 Å². The van der Waals surface area contributed by atoms with Crippen LogP contribution in [0.1, 0.15) is 36.4 Å². The van der Waals surface area contributed by atoms with E-state index in [-0.39, 0.29) is 0 Å². The fourth-order valence-corrected chi connectivity index (χ4v) is 3.29. The minimum absolute atomic E-state index is 0.709. The lowest BCUT2D eigenvalue weighted by molar-refractivity contribution is 0.553. The minimum Gasteiger partial charge on any atom is -0.316 e. The molecule has 0 amide bonds. The van der Waals surface area contributed by atoms with Gasteiger partial charge >= 0.3 is 0 Å². The minimum atomic E-state index is 0.709. The Morgan fingerprint density at radius 1 is 1.29 bits per heavy atom. The van der Waals surface area contributed by atoms with E-state index in [1.165, 1.54) is 22.5 Å². The molecule has 0 aliphatic carbocycles. The number of nitrogens with zero attached hydrogens (tertiary/aromatic N) is 2. The van der Waals surface area contributed by atoms with Gasteiger partial charge in [-0.3, -0.25) is 4.68 Å². The molecule has 0 aliphatic rings. The molecule has 0 radical (unpaired) electrons. The molecule has 0 aromatic carbocycles. The molecule has 0 spiro atoms. The van der Waals surface area contributed by atoms with Crippen LogP contribution in [0.4, 0.5) is 0 Å². The van der Waals surface area contributed by atoms with E-state index >= 15 is 0 Å². The van der Waals surface area contributed by atoms with E-state index in [0.29, 0.717) is 5.92 Å². The first kappa shape index (κ1) is 16.2. The lowest BCUT2D eigenvalue weighted by Crippen LogP contribution is -2.22. The van der Waals surface area contributed by atoms with Gasteiger partial charge in [0.05, 0.1) is 5.69 Å². The van der Waals surface area contributed by atoms with Gasteiger partial charge in [0.1, 0.15) is 0 Å². The Morgan fingerprint density at radius 3 is 2.76 bits per heavy atom. The van der Waals surface area contributed by atoms with Gasteiger partial charge in [-0.1, -0.05) is 13.8 Å². The third kappa shape index (κ3) is 4.68. The van der Waals surface area contributed by atoms with Crippen molar-refractivity contribution in [3.05, 3.63) is 39.3 Å². The first-order chi connectivity index (χ1) is 10.1. The van der Waals surface area contributed by atoms with Crippen molar-refractivity contribution in [1.82, 2.24) is 15.1 Å². The van der Waals surface area contributed by atoms with Crippen LogP contribution in [0.3, 0.4) is 0 Å². The Morgan fingerprint density at radius 2 is 2.10 bits per heavy atom. The fraction of sp³-hybridized carbons (Fsp3) is 0.588. The van der Waals surface area contributed by atoms with E-state index in [4.69, 9.17) is 5.10 Å². The molecule has 1 N–H and O–H groups in total. The van der Waals surface area contributed by atoms with Gasteiger partial charge in [0, 0.05) is 12.2 Å². The van der Waals surface area contributed by atoms with Crippen LogP contribution < -0.4 is 5.32 Å². The molecule has 2 aromatic rings. The summed E-state index contributed by atoms with van der Waals surface area (Å²) in [6.45, 7) is 11.9. The molecule has 0 fully saturated rings. The van der Waals surface area contributed by atoms with E-state index in [2.05, 4.69) is 54.5 Å². The van der Waals surface area contributed by atoms with Gasteiger partial charge in [-0.15, -0.1) is 0 Å². The highest BCUT2D eigenvalue weighted by molar-refractivity contribution is 7.07. The number of hydrogen-bond acceptors (Lipinski definition) is 3. The van der Waals surface area contributed by atoms with E-state index in [1.54, 1.807) is 11.3 Å². The lowest BCUT2D eigenvalue weighted by atomic mass is 10.1. The zero-order valence-corrected chi connectivity index (χ0v) is 14.5. The van der Waals surface area contributed by atoms with E-state index in [0.717, 1.165) is 32.5 Å². The SMILES string of the molecule is Cc1nn(CCc2ccsc2)c(C)c1CCNCC(C)C. The first-order valence-corrected chi connectivity index (χ1v) is 8.77. The predicted octanol–water partition coefficient (Wildman–Crippen LogP) is 3.59. The van der Waals surface area contributed by atoms with Gasteiger partial charge in [-0.25, -0.2) is 0 Å². The Bertz CT molecular complexity index is 541. The Kier molecular flexibility index (Phi) is 6.00. The van der Waals surface area contributed by atoms with Crippen molar-refractivity contribution in [2.45, 2.75) is 47.1 Å². The number of rotatable bonds is 8. The predicted molar refractivity (Wildman–Crippen MR) is 91.1 cm³/mol. The van der Waals surface area contributed by atoms with Crippen molar-refractivity contribution in [2.24, 2.45) is 5.92 Å². The van der Waals surface area contributed by atoms with Gasteiger partial charge in [0.25, 0.3) is 0 Å². The van der Waals surface area contributed by atoms with Gasteiger partial charge in [0.15, 0.2) is 0 Å². The molecule has 116 valence electrons. The number of aryl methyl sites for hydroxylation is 3. The average molecular weight is 305 g/mol. The third-order valence-corrected chi connectivity index (χ3v) is 4.56. The van der Waals surface area contributed by atoms with Crippen molar-refractivity contribution in [1.29, 1.82) is 0 Å². The summed E-state index contributed by atoms with van der Waals surface area (Å²) in [6.07, 6.45) is 2.14. The molecule has 21 heavy (non-hydrogen) atoms. The molecule has 2 rings (SSSR count). The summed E-state index contributed by atoms with van der Waals surface area (Å²) in [7, 11) is 0. The molecular formula is C17H27N3S. The van der Waals surface area contributed by atoms with Crippen LogP contribution in [0, 0.1) is 19.8 Å². The second kappa shape index (κ2) is 7.76. The summed E-state index contributed by atoms with van der Waals surface area (Å²) in [6, 6.07) is 2.20. The van der Waals surface area contributed by atoms with E-state index in [9.17, 15) is 0 Å². The largest absolute Gasteiger partial charge is 0.316 e. The third-order valence-electron chi connectivity index (χ3n) is 3.83. The maximum absolute atomic E-state index is 4.72. The number of hydrogen-bond donors (Lipinski definition) is 1. The summed E-state index contributed by atoms with van der Waals surface area (Å²) < 4.78 is 2.17. The molecule has 0 saturated carbocycles. The molecule has 2 aromatic heterocycles. The average Bonchev–Trinajstić information content (AvgIpc) is 3.03. The maximum atomic E-state index is 4.72. The monoisotopic (exact) mass is 305 g/mol. The standard InChI is InChI=1S/C17H27N3S/c1-13(2)11-18-8-5-17-14(3)19-20(15(17)4)9-6-16-7-10-21-12-16/h7,10,12-13,18H,5-6,8-9,11H2,1-4H3. The van der Waals surface area contributed by atoms with Crippen molar-refractivity contribution in [2.75, 3.05) is 13.1 Å². The van der Waals surface area contributed by atoms with Crippen LogP contribution in [0.2, 0.25) is 0 Å². The summed E-state index contributed by atoms with van der Waals surface area (Å²) in [5.74, 6) is 0.709. The molecular weight excluding hydrogens is 278 g/mol. The topological polar surface area (TPSA) is 29.9 Å². The molecule has 0 unspecified atom stereocenters. The normalized spacial score (nSPS) is 11.5. The smallest absolute Gasteiger partial charge is 0.0628 e. The Labute approximate surface area is 132 Å². The number of nitrogens with one attached hydrogen (secondary N) is 1. The fourth-order valence-electron chi connectivity index (χ4n) is 2.59. The van der Waals surface area contributed by atoms with Gasteiger partial charge in [-0.2, -0.15) is 16.4 Å². The molecule has 0 aliphatic heterocycles. The molecule has 0 saturated heterocycles. The van der Waals surface area contributed by atoms with Crippen LogP contribution in [0.5, 0.6) is 0 Å². The highest BCUT2D eigenvalue weighted by atomic mass is 32.1. The Hall–Kier alpha value is -1.13. The van der Waals surface area contributed by atoms with Crippen LogP contribution in [0.25, 0.3) is 0 Å². The second-order valence-corrected chi connectivity index (χ2v) is 6.88. The summed E-state index contributed by atoms with van der Waals surface area (Å²) in [5.41, 5.74) is 5.34. The summed E-state index contributed by atoms with van der Waals surface area (Å²) in [4.78, 5) is 0. The molecule has 0 atom stereocenters. The zero-order valence-electron chi connectivity index (χ0n) is 13.6.